The molecule has 1 aliphatic heterocycles. The van der Waals surface area contributed by atoms with Crippen LogP contribution in [-0.2, 0) is 11.3 Å². The average molecular weight is 506 g/mol. The third-order valence-corrected chi connectivity index (χ3v) is 6.52. The number of aromatic nitrogens is 5. The first-order valence-electron chi connectivity index (χ1n) is 12.0. The maximum absolute atomic E-state index is 13.7. The van der Waals surface area contributed by atoms with E-state index in [0.717, 1.165) is 48.3 Å². The van der Waals surface area contributed by atoms with Gasteiger partial charge >= 0.3 is 0 Å². The highest BCUT2D eigenvalue weighted by atomic mass is 35.5. The Morgan fingerprint density at radius 3 is 2.81 bits per heavy atom. The molecule has 36 heavy (non-hydrogen) atoms. The molecule has 5 rings (SSSR count). The summed E-state index contributed by atoms with van der Waals surface area (Å²) in [6, 6.07) is 7.58. The topological polar surface area (TPSA) is 107 Å². The summed E-state index contributed by atoms with van der Waals surface area (Å²) in [5, 5.41) is 7.70. The zero-order valence-corrected chi connectivity index (χ0v) is 21.0. The molecule has 0 spiro atoms. The molecule has 1 saturated heterocycles. The SMILES string of the molecule is CNCCCn1c(=O)c(-c2ccc(-c3cncc(C)n3)cc2Cl)cc2cnc(NC3CCOC3)nc21. The number of benzene rings is 1. The molecule has 9 nitrogen and oxygen atoms in total. The maximum Gasteiger partial charge on any atom is 0.260 e. The number of halogens is 1. The summed E-state index contributed by atoms with van der Waals surface area (Å²) >= 11 is 6.72. The lowest BCUT2D eigenvalue weighted by Gasteiger charge is -2.15. The van der Waals surface area contributed by atoms with E-state index in [1.807, 2.05) is 38.2 Å². The Balaban J connectivity index is 1.57. The smallest absolute Gasteiger partial charge is 0.260 e. The van der Waals surface area contributed by atoms with Gasteiger partial charge in [-0.1, -0.05) is 23.7 Å². The Hall–Kier alpha value is -3.40. The lowest BCUT2D eigenvalue weighted by atomic mass is 10.0. The van der Waals surface area contributed by atoms with Gasteiger partial charge in [0.2, 0.25) is 5.95 Å². The molecule has 2 N–H and O–H groups in total. The van der Waals surface area contributed by atoms with Crippen molar-refractivity contribution in [3.05, 3.63) is 63.9 Å². The van der Waals surface area contributed by atoms with Gasteiger partial charge in [0.05, 0.1) is 30.2 Å². The molecule has 186 valence electrons. The Kier molecular flexibility index (Phi) is 7.22. The van der Waals surface area contributed by atoms with Crippen molar-refractivity contribution >= 4 is 28.6 Å². The van der Waals surface area contributed by atoms with E-state index in [1.54, 1.807) is 23.2 Å². The number of anilines is 1. The fourth-order valence-electron chi connectivity index (χ4n) is 4.37. The molecule has 1 aromatic carbocycles. The number of nitrogens with zero attached hydrogens (tertiary/aromatic N) is 5. The van der Waals surface area contributed by atoms with Gasteiger partial charge in [0.25, 0.3) is 5.56 Å². The van der Waals surface area contributed by atoms with Crippen molar-refractivity contribution in [1.82, 2.24) is 29.8 Å². The zero-order valence-electron chi connectivity index (χ0n) is 20.3. The second-order valence-electron chi connectivity index (χ2n) is 8.89. The van der Waals surface area contributed by atoms with Crippen LogP contribution in [-0.4, -0.2) is 57.4 Å². The van der Waals surface area contributed by atoms with Crippen LogP contribution in [0.1, 0.15) is 18.5 Å². The van der Waals surface area contributed by atoms with E-state index in [-0.39, 0.29) is 11.6 Å². The molecule has 3 aromatic heterocycles. The number of pyridine rings is 1. The van der Waals surface area contributed by atoms with Crippen LogP contribution in [0, 0.1) is 6.92 Å². The van der Waals surface area contributed by atoms with Crippen molar-refractivity contribution in [2.24, 2.45) is 0 Å². The monoisotopic (exact) mass is 505 g/mol. The standard InChI is InChI=1S/C26H28ClN7O2/c1-16-12-29-14-23(31-16)17-4-5-20(22(27)11-17)21-10-18-13-30-26(32-19-6-9-36-15-19)33-24(18)34(25(21)35)8-3-7-28-2/h4-5,10-14,19,28H,3,6-9,15H2,1-2H3,(H,30,32,33). The minimum atomic E-state index is -0.141. The Morgan fingerprint density at radius 1 is 1.17 bits per heavy atom. The first-order chi connectivity index (χ1) is 17.5. The van der Waals surface area contributed by atoms with Crippen molar-refractivity contribution in [2.75, 3.05) is 32.1 Å². The van der Waals surface area contributed by atoms with E-state index in [1.165, 1.54) is 0 Å². The quantitative estimate of drug-likeness (QED) is 0.349. The molecule has 10 heteroatoms. The van der Waals surface area contributed by atoms with Crippen LogP contribution < -0.4 is 16.2 Å². The molecule has 0 radical (unpaired) electrons. The molecule has 0 bridgehead atoms. The number of hydrogen-bond donors (Lipinski definition) is 2. The zero-order chi connectivity index (χ0) is 25.1. The van der Waals surface area contributed by atoms with Crippen LogP contribution in [0.3, 0.4) is 0 Å². The van der Waals surface area contributed by atoms with E-state index in [4.69, 9.17) is 21.3 Å². The summed E-state index contributed by atoms with van der Waals surface area (Å²) in [4.78, 5) is 31.7. The normalized spacial score (nSPS) is 15.5. The van der Waals surface area contributed by atoms with Gasteiger partial charge < -0.3 is 15.4 Å². The average Bonchev–Trinajstić information content (AvgIpc) is 3.38. The maximum atomic E-state index is 13.7. The fraction of sp³-hybridized carbons (Fsp3) is 0.346. The summed E-state index contributed by atoms with van der Waals surface area (Å²) in [5.74, 6) is 0.495. The summed E-state index contributed by atoms with van der Waals surface area (Å²) in [6.45, 7) is 4.53. The van der Waals surface area contributed by atoms with Gasteiger partial charge in [0.1, 0.15) is 5.65 Å². The molecule has 1 aliphatic rings. The summed E-state index contributed by atoms with van der Waals surface area (Å²) in [6.07, 6.45) is 6.83. The lowest BCUT2D eigenvalue weighted by molar-refractivity contribution is 0.195. The van der Waals surface area contributed by atoms with E-state index in [2.05, 4.69) is 25.6 Å². The van der Waals surface area contributed by atoms with Gasteiger partial charge in [-0.25, -0.2) is 9.97 Å². The predicted molar refractivity (Wildman–Crippen MR) is 141 cm³/mol. The number of nitrogens with one attached hydrogen (secondary N) is 2. The first kappa shape index (κ1) is 24.3. The highest BCUT2D eigenvalue weighted by Crippen LogP contribution is 2.31. The van der Waals surface area contributed by atoms with Gasteiger partial charge in [0, 0.05) is 52.6 Å². The second-order valence-corrected chi connectivity index (χ2v) is 9.30. The Morgan fingerprint density at radius 2 is 2.06 bits per heavy atom. The third kappa shape index (κ3) is 5.09. The molecule has 1 atom stereocenters. The van der Waals surface area contributed by atoms with Crippen LogP contribution in [0.5, 0.6) is 0 Å². The number of rotatable bonds is 8. The number of hydrogen-bond acceptors (Lipinski definition) is 8. The Labute approximate surface area is 213 Å². The lowest BCUT2D eigenvalue weighted by Crippen LogP contribution is -2.26. The van der Waals surface area contributed by atoms with Crippen molar-refractivity contribution in [3.8, 4) is 22.4 Å². The van der Waals surface area contributed by atoms with Crippen molar-refractivity contribution in [3.63, 3.8) is 0 Å². The molecule has 1 fully saturated rings. The summed E-state index contributed by atoms with van der Waals surface area (Å²) in [5.41, 5.74) is 4.00. The van der Waals surface area contributed by atoms with Crippen molar-refractivity contribution in [2.45, 2.75) is 32.4 Å². The number of fused-ring (bicyclic) bond motifs is 1. The fourth-order valence-corrected chi connectivity index (χ4v) is 4.65. The van der Waals surface area contributed by atoms with Gasteiger partial charge in [0.15, 0.2) is 0 Å². The second kappa shape index (κ2) is 10.7. The van der Waals surface area contributed by atoms with Crippen molar-refractivity contribution < 1.29 is 4.74 Å². The summed E-state index contributed by atoms with van der Waals surface area (Å²) in [7, 11) is 1.89. The number of ether oxygens (including phenoxy) is 1. The van der Waals surface area contributed by atoms with E-state index in [0.29, 0.717) is 40.9 Å². The highest BCUT2D eigenvalue weighted by molar-refractivity contribution is 6.33. The minimum absolute atomic E-state index is 0.141. The highest BCUT2D eigenvalue weighted by Gasteiger charge is 2.19. The first-order valence-corrected chi connectivity index (χ1v) is 12.4. The van der Waals surface area contributed by atoms with E-state index in [9.17, 15) is 4.79 Å². The van der Waals surface area contributed by atoms with Crippen molar-refractivity contribution in [1.29, 1.82) is 0 Å². The largest absolute Gasteiger partial charge is 0.379 e. The van der Waals surface area contributed by atoms with E-state index < -0.39 is 0 Å². The van der Waals surface area contributed by atoms with Crippen LogP contribution in [0.15, 0.2) is 47.7 Å². The molecule has 0 aliphatic carbocycles. The molecule has 1 unspecified atom stereocenters. The molecule has 0 amide bonds. The molecular weight excluding hydrogens is 478 g/mol. The molecule has 4 heterocycles. The van der Waals surface area contributed by atoms with Crippen LogP contribution in [0.4, 0.5) is 5.95 Å². The van der Waals surface area contributed by atoms with Gasteiger partial charge in [-0.15, -0.1) is 0 Å². The predicted octanol–water partition coefficient (Wildman–Crippen LogP) is 3.69. The molecule has 4 aromatic rings. The van der Waals surface area contributed by atoms with Gasteiger partial charge in [-0.2, -0.15) is 4.98 Å². The van der Waals surface area contributed by atoms with Crippen LogP contribution >= 0.6 is 11.6 Å². The minimum Gasteiger partial charge on any atom is -0.379 e. The van der Waals surface area contributed by atoms with Crippen LogP contribution in [0.2, 0.25) is 5.02 Å². The third-order valence-electron chi connectivity index (χ3n) is 6.21. The van der Waals surface area contributed by atoms with Gasteiger partial charge in [-0.05, 0) is 45.5 Å². The van der Waals surface area contributed by atoms with Gasteiger partial charge in [-0.3, -0.25) is 14.3 Å². The van der Waals surface area contributed by atoms with E-state index >= 15 is 0 Å². The summed E-state index contributed by atoms with van der Waals surface area (Å²) < 4.78 is 7.16. The molecular formula is C26H28ClN7O2. The Bertz CT molecular complexity index is 1450. The number of aryl methyl sites for hydroxylation is 2. The van der Waals surface area contributed by atoms with Crippen LogP contribution in [0.25, 0.3) is 33.4 Å². The molecule has 0 saturated carbocycles.